The maximum absolute atomic E-state index is 15.9. The third-order valence-corrected chi connectivity index (χ3v) is 13.2. The molecule has 51 heavy (non-hydrogen) atoms. The molecule has 0 spiro atoms. The maximum atomic E-state index is 15.9. The number of benzene rings is 2. The van der Waals surface area contributed by atoms with Gasteiger partial charge in [0.25, 0.3) is 0 Å². The summed E-state index contributed by atoms with van der Waals surface area (Å²) in [6.45, 7) is 6.73. The first-order chi connectivity index (χ1) is 23.6. The molecule has 0 radical (unpaired) electrons. The summed E-state index contributed by atoms with van der Waals surface area (Å²) >= 11 is 0. The van der Waals surface area contributed by atoms with Gasteiger partial charge >= 0.3 is 19.5 Å². The quantitative estimate of drug-likeness (QED) is 0.126. The summed E-state index contributed by atoms with van der Waals surface area (Å²) < 4.78 is 53.1. The van der Waals surface area contributed by atoms with Gasteiger partial charge in [-0.05, 0) is 44.0 Å². The largest absolute Gasteiger partial charge is 0.492 e. The zero-order valence-corrected chi connectivity index (χ0v) is 30.4. The van der Waals surface area contributed by atoms with Gasteiger partial charge in [-0.25, -0.2) is 9.18 Å². The summed E-state index contributed by atoms with van der Waals surface area (Å²) in [6, 6.07) is 4.10. The molecule has 5 rings (SSSR count). The Bertz CT molecular complexity index is 2090. The number of anilines is 1. The van der Waals surface area contributed by atoms with Crippen molar-refractivity contribution in [3.63, 3.8) is 0 Å². The standard InChI is InChI=1S/C33H40FN3O12P2/c1-18-15-35(29-25(34)13-22-28(31(29)48-5)37(20-6-7-20)16-23(30(22)40)32(41)42)10-11-36(18)27(39)14-33(3,4)24-12-21(8-9-26(24)49-19(2)38)50(43,44)17-51(45,46)47/h8-9,12-13,16,18,20H,6-7,10-11,14-15,17H2,1-5H3,(H,41,42)(H,43,44)(H2,45,46,47). The number of aromatic carboxylic acids is 1. The average Bonchev–Trinajstić information content (AvgIpc) is 3.84. The van der Waals surface area contributed by atoms with Crippen molar-refractivity contribution < 1.29 is 57.2 Å². The molecule has 1 aromatic heterocycles. The number of ether oxygens (including phenoxy) is 2. The number of piperazine rings is 1. The van der Waals surface area contributed by atoms with Crippen molar-refractivity contribution in [2.45, 2.75) is 64.5 Å². The summed E-state index contributed by atoms with van der Waals surface area (Å²) in [7, 11) is -8.09. The predicted octanol–water partition coefficient (Wildman–Crippen LogP) is 3.54. The van der Waals surface area contributed by atoms with E-state index >= 15 is 4.39 Å². The monoisotopic (exact) mass is 751 g/mol. The van der Waals surface area contributed by atoms with Crippen LogP contribution in [0.15, 0.2) is 35.3 Å². The van der Waals surface area contributed by atoms with Gasteiger partial charge in [0, 0.05) is 67.5 Å². The molecule has 2 unspecified atom stereocenters. The molecular formula is C33H40FN3O12P2. The molecule has 276 valence electrons. The van der Waals surface area contributed by atoms with Crippen LogP contribution in [0.25, 0.3) is 10.9 Å². The fraction of sp³-hybridized carbons (Fsp3) is 0.455. The number of carbonyl (C=O) groups is 3. The predicted molar refractivity (Wildman–Crippen MR) is 185 cm³/mol. The summed E-state index contributed by atoms with van der Waals surface area (Å²) in [5, 5.41) is 9.23. The number of halogens is 1. The van der Waals surface area contributed by atoms with Crippen LogP contribution in [-0.4, -0.2) is 85.8 Å². The Hall–Kier alpha value is -4.07. The number of rotatable bonds is 11. The Kier molecular flexibility index (Phi) is 10.3. The molecule has 2 heterocycles. The van der Waals surface area contributed by atoms with E-state index in [0.717, 1.165) is 31.9 Å². The number of pyridine rings is 1. The number of methoxy groups -OCH3 is 1. The van der Waals surface area contributed by atoms with Crippen molar-refractivity contribution in [1.29, 1.82) is 0 Å². The second-order valence-corrected chi connectivity index (χ2v) is 18.1. The second-order valence-electron chi connectivity index (χ2n) is 13.7. The Morgan fingerprint density at radius 1 is 1.08 bits per heavy atom. The van der Waals surface area contributed by atoms with E-state index in [-0.39, 0.29) is 71.4 Å². The van der Waals surface area contributed by atoms with Crippen LogP contribution >= 0.6 is 15.0 Å². The molecule has 2 aromatic carbocycles. The molecule has 1 amide bonds. The molecule has 0 bridgehead atoms. The van der Waals surface area contributed by atoms with Crippen LogP contribution in [0.2, 0.25) is 0 Å². The molecule has 2 fully saturated rings. The smallest absolute Gasteiger partial charge is 0.341 e. The second kappa shape index (κ2) is 13.8. The topological polar surface area (TPSA) is 213 Å². The summed E-state index contributed by atoms with van der Waals surface area (Å²) in [5.74, 6) is -4.42. The highest BCUT2D eigenvalue weighted by Gasteiger charge is 2.38. The van der Waals surface area contributed by atoms with Gasteiger partial charge in [0.1, 0.15) is 22.9 Å². The van der Waals surface area contributed by atoms with E-state index in [1.54, 1.807) is 35.1 Å². The number of carbonyl (C=O) groups excluding carboxylic acids is 2. The van der Waals surface area contributed by atoms with E-state index in [9.17, 15) is 48.1 Å². The minimum Gasteiger partial charge on any atom is -0.492 e. The van der Waals surface area contributed by atoms with Crippen LogP contribution < -0.4 is 25.1 Å². The molecular weight excluding hydrogens is 711 g/mol. The van der Waals surface area contributed by atoms with Crippen LogP contribution in [-0.2, 0) is 24.1 Å². The van der Waals surface area contributed by atoms with Gasteiger partial charge in [-0.2, -0.15) is 0 Å². The first kappa shape index (κ1) is 38.2. The van der Waals surface area contributed by atoms with Crippen LogP contribution in [0.4, 0.5) is 10.1 Å². The Morgan fingerprint density at radius 2 is 1.75 bits per heavy atom. The summed E-state index contributed by atoms with van der Waals surface area (Å²) in [6.07, 6.45) is 2.60. The Morgan fingerprint density at radius 3 is 2.29 bits per heavy atom. The lowest BCUT2D eigenvalue weighted by Crippen LogP contribution is -2.55. The molecule has 2 atom stereocenters. The lowest BCUT2D eigenvalue weighted by Gasteiger charge is -2.42. The molecule has 2 aliphatic rings. The van der Waals surface area contributed by atoms with E-state index < -0.39 is 61.1 Å². The van der Waals surface area contributed by atoms with Crippen molar-refractivity contribution in [2.75, 3.05) is 37.5 Å². The summed E-state index contributed by atoms with van der Waals surface area (Å²) in [5.41, 5.74) is -1.84. The third-order valence-electron chi connectivity index (χ3n) is 9.16. The van der Waals surface area contributed by atoms with Gasteiger partial charge in [0.05, 0.1) is 18.0 Å². The third kappa shape index (κ3) is 7.90. The minimum absolute atomic E-state index is 0.0112. The molecule has 15 nitrogen and oxygen atoms in total. The Labute approximate surface area is 292 Å². The Balaban J connectivity index is 1.43. The number of fused-ring (bicyclic) bond motifs is 1. The molecule has 1 saturated heterocycles. The zero-order chi connectivity index (χ0) is 37.8. The number of carboxylic acids is 1. The molecule has 18 heteroatoms. The maximum Gasteiger partial charge on any atom is 0.341 e. The van der Waals surface area contributed by atoms with Gasteiger partial charge in [-0.3, -0.25) is 23.5 Å². The van der Waals surface area contributed by atoms with Crippen molar-refractivity contribution in [3.8, 4) is 11.5 Å². The van der Waals surface area contributed by atoms with Crippen LogP contribution in [0, 0.1) is 5.82 Å². The number of carboxylic acid groups (broad SMARTS) is 1. The van der Waals surface area contributed by atoms with Crippen molar-refractivity contribution in [2.24, 2.45) is 0 Å². The molecule has 1 saturated carbocycles. The molecule has 1 aliphatic heterocycles. The van der Waals surface area contributed by atoms with Crippen molar-refractivity contribution in [1.82, 2.24) is 9.47 Å². The van der Waals surface area contributed by atoms with Crippen molar-refractivity contribution in [3.05, 3.63) is 57.6 Å². The minimum atomic E-state index is -4.88. The number of nitrogens with zero attached hydrogens (tertiary/aromatic N) is 3. The molecule has 3 aromatic rings. The molecule has 4 N–H and O–H groups in total. The number of aromatic nitrogens is 1. The summed E-state index contributed by atoms with van der Waals surface area (Å²) in [4.78, 5) is 83.2. The SMILES string of the molecule is COc1c(N2CCN(C(=O)CC(C)(C)c3cc(P(=O)(O)CP(=O)(O)O)ccc3OC(C)=O)C(C)C2)c(F)cc2c(=O)c(C(=O)O)cn(C3CC3)c12. The van der Waals surface area contributed by atoms with E-state index in [2.05, 4.69) is 0 Å². The number of amides is 1. The van der Waals surface area contributed by atoms with Crippen LogP contribution in [0.5, 0.6) is 11.5 Å². The number of esters is 1. The fourth-order valence-electron chi connectivity index (χ4n) is 6.67. The molecule has 1 aliphatic carbocycles. The van der Waals surface area contributed by atoms with Gasteiger partial charge in [0.2, 0.25) is 18.7 Å². The van der Waals surface area contributed by atoms with E-state index in [1.807, 2.05) is 0 Å². The van der Waals surface area contributed by atoms with Gasteiger partial charge in [-0.15, -0.1) is 0 Å². The lowest BCUT2D eigenvalue weighted by molar-refractivity contribution is -0.134. The lowest BCUT2D eigenvalue weighted by atomic mass is 9.80. The van der Waals surface area contributed by atoms with E-state index in [1.165, 1.54) is 25.4 Å². The van der Waals surface area contributed by atoms with Crippen molar-refractivity contribution >= 4 is 54.7 Å². The van der Waals surface area contributed by atoms with E-state index in [0.29, 0.717) is 5.52 Å². The fourth-order valence-corrected chi connectivity index (χ4v) is 9.96. The first-order valence-corrected chi connectivity index (χ1v) is 19.7. The van der Waals surface area contributed by atoms with Crippen LogP contribution in [0.1, 0.15) is 68.9 Å². The van der Waals surface area contributed by atoms with Gasteiger partial charge in [-0.1, -0.05) is 13.8 Å². The van der Waals surface area contributed by atoms with Gasteiger partial charge < -0.3 is 43.6 Å². The number of hydrogen-bond acceptors (Lipinski definition) is 9. The highest BCUT2D eigenvalue weighted by atomic mass is 31.2. The highest BCUT2D eigenvalue weighted by Crippen LogP contribution is 2.54. The zero-order valence-electron chi connectivity index (χ0n) is 28.7. The highest BCUT2D eigenvalue weighted by molar-refractivity contribution is 7.77. The van der Waals surface area contributed by atoms with Gasteiger partial charge in [0.15, 0.2) is 11.6 Å². The van der Waals surface area contributed by atoms with E-state index in [4.69, 9.17) is 9.47 Å². The average molecular weight is 752 g/mol. The van der Waals surface area contributed by atoms with Crippen LogP contribution in [0.3, 0.4) is 0 Å². The normalized spacial score (nSPS) is 18.0. The number of hydrogen-bond donors (Lipinski definition) is 4. The first-order valence-electron chi connectivity index (χ1n) is 16.1.